The topological polar surface area (TPSA) is 98.0 Å². The van der Waals surface area contributed by atoms with E-state index in [1.165, 1.54) is 5.57 Å². The maximum absolute atomic E-state index is 12.3. The van der Waals surface area contributed by atoms with E-state index in [1.54, 1.807) is 0 Å². The van der Waals surface area contributed by atoms with E-state index < -0.39 is 22.9 Å². The molecule has 0 spiro atoms. The summed E-state index contributed by atoms with van der Waals surface area (Å²) in [5, 5.41) is 43.3. The molecule has 10 atom stereocenters. The minimum Gasteiger partial charge on any atom is -0.481 e. The van der Waals surface area contributed by atoms with Gasteiger partial charge in [0, 0.05) is 5.41 Å². The standard InChI is InChI=1S/C30H48O5/c1-25(2)20-9-12-28(5)21(27(20,4)11-10-22(25)32)8-7-18-19-15-26(3,24(34)35)13-14-30(19,17-31)23(33)16-29(18,28)6/h7,19-23,31-33H,8-17H2,1-6H3,(H,34,35). The Morgan fingerprint density at radius 2 is 1.60 bits per heavy atom. The first-order valence-corrected chi connectivity index (χ1v) is 14.0. The number of hydrogen-bond acceptors (Lipinski definition) is 4. The lowest BCUT2D eigenvalue weighted by Gasteiger charge is -2.72. The molecule has 0 aromatic carbocycles. The van der Waals surface area contributed by atoms with Crippen molar-refractivity contribution < 1.29 is 25.2 Å². The van der Waals surface area contributed by atoms with Gasteiger partial charge in [-0.1, -0.05) is 46.3 Å². The van der Waals surface area contributed by atoms with Gasteiger partial charge in [-0.3, -0.25) is 4.79 Å². The van der Waals surface area contributed by atoms with Crippen LogP contribution in [0.2, 0.25) is 0 Å². The maximum Gasteiger partial charge on any atom is 0.309 e. The van der Waals surface area contributed by atoms with Gasteiger partial charge in [0.15, 0.2) is 0 Å². The molecule has 5 nitrogen and oxygen atoms in total. The summed E-state index contributed by atoms with van der Waals surface area (Å²) in [5.74, 6) is 0.0503. The first-order chi connectivity index (χ1) is 16.1. The van der Waals surface area contributed by atoms with Gasteiger partial charge in [0.25, 0.3) is 0 Å². The number of rotatable bonds is 2. The van der Waals surface area contributed by atoms with Gasteiger partial charge < -0.3 is 20.4 Å². The SMILES string of the molecule is CC1(C(=O)O)CCC2(CO)C(O)CC3(C)C(=CCC4C5(C)CCC(O)C(C)(C)C5CCC43C)C2C1. The summed E-state index contributed by atoms with van der Waals surface area (Å²) >= 11 is 0. The highest BCUT2D eigenvalue weighted by atomic mass is 16.4. The van der Waals surface area contributed by atoms with E-state index in [2.05, 4.69) is 40.7 Å². The van der Waals surface area contributed by atoms with Crippen LogP contribution in [-0.2, 0) is 4.79 Å². The third kappa shape index (κ3) is 3.01. The van der Waals surface area contributed by atoms with E-state index in [0.29, 0.717) is 37.5 Å². The second-order valence-electron chi connectivity index (χ2n) is 14.9. The molecule has 0 saturated heterocycles. The number of fused-ring (bicyclic) bond motifs is 7. The molecule has 198 valence electrons. The normalized spacial score (nSPS) is 55.0. The average Bonchev–Trinajstić information content (AvgIpc) is 2.77. The van der Waals surface area contributed by atoms with E-state index in [0.717, 1.165) is 32.1 Å². The zero-order chi connectivity index (χ0) is 25.8. The second-order valence-corrected chi connectivity index (χ2v) is 14.9. The van der Waals surface area contributed by atoms with Gasteiger partial charge in [-0.2, -0.15) is 0 Å². The number of hydrogen-bond donors (Lipinski definition) is 4. The number of carboxylic acids is 1. The summed E-state index contributed by atoms with van der Waals surface area (Å²) in [5.41, 5.74) is -0.373. The van der Waals surface area contributed by atoms with Crippen molar-refractivity contribution in [3.05, 3.63) is 11.6 Å². The third-order valence-corrected chi connectivity index (χ3v) is 13.4. The van der Waals surface area contributed by atoms with Gasteiger partial charge in [-0.05, 0) is 104 Å². The molecule has 0 bridgehead atoms. The van der Waals surface area contributed by atoms with Crippen LogP contribution in [0, 0.1) is 50.2 Å². The number of aliphatic hydroxyl groups is 3. The lowest BCUT2D eigenvalue weighted by atomic mass is 9.33. The van der Waals surface area contributed by atoms with E-state index >= 15 is 0 Å². The van der Waals surface area contributed by atoms with Gasteiger partial charge in [-0.15, -0.1) is 0 Å². The van der Waals surface area contributed by atoms with Crippen molar-refractivity contribution in [3.63, 3.8) is 0 Å². The molecule has 5 rings (SSSR count). The van der Waals surface area contributed by atoms with Crippen LogP contribution in [0.5, 0.6) is 0 Å². The van der Waals surface area contributed by atoms with Crippen molar-refractivity contribution in [2.45, 2.75) is 112 Å². The average molecular weight is 489 g/mol. The third-order valence-electron chi connectivity index (χ3n) is 13.4. The van der Waals surface area contributed by atoms with E-state index in [9.17, 15) is 25.2 Å². The number of carbonyl (C=O) groups is 1. The van der Waals surface area contributed by atoms with Crippen molar-refractivity contribution in [1.29, 1.82) is 0 Å². The summed E-state index contributed by atoms with van der Waals surface area (Å²) in [4.78, 5) is 12.3. The van der Waals surface area contributed by atoms with Gasteiger partial charge in [-0.25, -0.2) is 0 Å². The summed E-state index contributed by atoms with van der Waals surface area (Å²) < 4.78 is 0. The Morgan fingerprint density at radius 1 is 0.914 bits per heavy atom. The monoisotopic (exact) mass is 488 g/mol. The van der Waals surface area contributed by atoms with Crippen LogP contribution < -0.4 is 0 Å². The molecule has 10 unspecified atom stereocenters. The number of aliphatic hydroxyl groups excluding tert-OH is 3. The van der Waals surface area contributed by atoms with Crippen LogP contribution in [0.25, 0.3) is 0 Å². The summed E-state index contributed by atoms with van der Waals surface area (Å²) in [7, 11) is 0. The van der Waals surface area contributed by atoms with Crippen molar-refractivity contribution in [2.75, 3.05) is 6.61 Å². The minimum absolute atomic E-state index is 0.0135. The first kappa shape index (κ1) is 25.7. The Kier molecular flexibility index (Phi) is 5.56. The fourth-order valence-electron chi connectivity index (χ4n) is 10.7. The summed E-state index contributed by atoms with van der Waals surface area (Å²) in [6, 6.07) is 0. The Hall–Kier alpha value is -0.910. The fourth-order valence-corrected chi connectivity index (χ4v) is 10.7. The fraction of sp³-hybridized carbons (Fsp3) is 0.900. The van der Waals surface area contributed by atoms with E-state index in [1.807, 2.05) is 6.92 Å². The van der Waals surface area contributed by atoms with Gasteiger partial charge in [0.2, 0.25) is 0 Å². The molecule has 0 aromatic heterocycles. The smallest absolute Gasteiger partial charge is 0.309 e. The largest absolute Gasteiger partial charge is 0.481 e. The highest BCUT2D eigenvalue weighted by Crippen LogP contribution is 2.75. The minimum atomic E-state index is -0.826. The van der Waals surface area contributed by atoms with E-state index in [4.69, 9.17) is 0 Å². The van der Waals surface area contributed by atoms with Crippen molar-refractivity contribution in [2.24, 2.45) is 50.2 Å². The molecule has 35 heavy (non-hydrogen) atoms. The molecule has 0 heterocycles. The van der Waals surface area contributed by atoms with Crippen LogP contribution in [0.3, 0.4) is 0 Å². The number of allylic oxidation sites excluding steroid dienone is 2. The quantitative estimate of drug-likeness (QED) is 0.402. The predicted molar refractivity (Wildman–Crippen MR) is 135 cm³/mol. The van der Waals surface area contributed by atoms with Gasteiger partial charge >= 0.3 is 5.97 Å². The molecule has 4 fully saturated rings. The second kappa shape index (κ2) is 7.57. The van der Waals surface area contributed by atoms with Crippen LogP contribution in [0.4, 0.5) is 0 Å². The number of carboxylic acid groups (broad SMARTS) is 1. The number of aliphatic carboxylic acids is 1. The molecule has 5 aliphatic rings. The van der Waals surface area contributed by atoms with E-state index in [-0.39, 0.29) is 40.3 Å². The summed E-state index contributed by atoms with van der Waals surface area (Å²) in [6.45, 7) is 13.5. The van der Waals surface area contributed by atoms with Crippen molar-refractivity contribution in [3.8, 4) is 0 Å². The molecular formula is C30H48O5. The molecule has 4 saturated carbocycles. The van der Waals surface area contributed by atoms with Crippen molar-refractivity contribution >= 4 is 5.97 Å². The van der Waals surface area contributed by atoms with Crippen LogP contribution in [-0.4, -0.2) is 45.2 Å². The lowest BCUT2D eigenvalue weighted by Crippen LogP contribution is -2.67. The molecule has 5 aliphatic carbocycles. The predicted octanol–water partition coefficient (Wildman–Crippen LogP) is 5.18. The Labute approximate surface area is 211 Å². The highest BCUT2D eigenvalue weighted by molar-refractivity contribution is 5.74. The molecule has 5 heteroatoms. The molecule has 0 aliphatic heterocycles. The highest BCUT2D eigenvalue weighted by Gasteiger charge is 2.70. The maximum atomic E-state index is 12.3. The Morgan fingerprint density at radius 3 is 2.23 bits per heavy atom. The zero-order valence-corrected chi connectivity index (χ0v) is 22.7. The molecule has 4 N–H and O–H groups in total. The Bertz CT molecular complexity index is 941. The van der Waals surface area contributed by atoms with Crippen molar-refractivity contribution in [1.82, 2.24) is 0 Å². The zero-order valence-electron chi connectivity index (χ0n) is 22.7. The van der Waals surface area contributed by atoms with Gasteiger partial charge in [0.1, 0.15) is 0 Å². The van der Waals surface area contributed by atoms with Crippen LogP contribution >= 0.6 is 0 Å². The summed E-state index contributed by atoms with van der Waals surface area (Å²) in [6.07, 6.45) is 8.69. The molecule has 0 radical (unpaired) electrons. The molecule has 0 aromatic rings. The van der Waals surface area contributed by atoms with Crippen LogP contribution in [0.15, 0.2) is 11.6 Å². The first-order valence-electron chi connectivity index (χ1n) is 14.0. The lowest BCUT2D eigenvalue weighted by molar-refractivity contribution is -0.219. The van der Waals surface area contributed by atoms with Gasteiger partial charge in [0.05, 0.1) is 24.2 Å². The van der Waals surface area contributed by atoms with Crippen LogP contribution in [0.1, 0.15) is 99.3 Å². The molecular weight excluding hydrogens is 440 g/mol. The molecule has 0 amide bonds. The Balaban J connectivity index is 1.61.